The summed E-state index contributed by atoms with van der Waals surface area (Å²) in [6, 6.07) is 2.89. The van der Waals surface area contributed by atoms with E-state index in [9.17, 15) is 20.2 Å². The van der Waals surface area contributed by atoms with Crippen molar-refractivity contribution in [1.82, 2.24) is 0 Å². The highest BCUT2D eigenvalue weighted by atomic mass is 16.6. The van der Waals surface area contributed by atoms with Gasteiger partial charge in [0.05, 0.1) is 22.5 Å². The molecule has 0 aliphatic heterocycles. The highest BCUT2D eigenvalue weighted by Gasteiger charge is 2.18. The normalized spacial score (nSPS) is 9.07. The minimum absolute atomic E-state index is 0.208. The average Bonchev–Trinajstić information content (AvgIpc) is 2.16. The summed E-state index contributed by atoms with van der Waals surface area (Å²) < 4.78 is 0. The van der Waals surface area contributed by atoms with Gasteiger partial charge in [0.15, 0.2) is 0 Å². The molecule has 0 spiro atoms. The first-order valence-electron chi connectivity index (χ1n) is 3.36. The zero-order valence-electron chi connectivity index (χ0n) is 6.71. The molecule has 0 heterocycles. The zero-order chi connectivity index (χ0) is 10.7. The van der Waals surface area contributed by atoms with Gasteiger partial charge in [0.2, 0.25) is 0 Å². The summed E-state index contributed by atoms with van der Waals surface area (Å²) in [5.41, 5.74) is -1.15. The number of nitro groups is 2. The van der Waals surface area contributed by atoms with Crippen LogP contribution in [0.1, 0.15) is 0 Å². The summed E-state index contributed by atoms with van der Waals surface area (Å²) in [6.45, 7) is 6.61. The monoisotopic (exact) mass is 193 g/mol. The first-order valence-corrected chi connectivity index (χ1v) is 3.36. The molecule has 1 aromatic rings. The molecule has 0 amide bonds. The Labute approximate surface area is 77.7 Å². The molecule has 1 aromatic carbocycles. The maximum absolute atomic E-state index is 10.4. The highest BCUT2D eigenvalue weighted by molar-refractivity contribution is 5.65. The predicted octanol–water partition coefficient (Wildman–Crippen LogP) is 2.05. The van der Waals surface area contributed by atoms with E-state index in [-0.39, 0.29) is 5.69 Å². The van der Waals surface area contributed by atoms with Crippen molar-refractivity contribution in [3.05, 3.63) is 49.8 Å². The largest absolute Gasteiger partial charge is 0.285 e. The van der Waals surface area contributed by atoms with Gasteiger partial charge in [0, 0.05) is 6.07 Å². The van der Waals surface area contributed by atoms with Crippen LogP contribution in [-0.4, -0.2) is 9.85 Å². The van der Waals surface area contributed by atoms with Gasteiger partial charge in [0.25, 0.3) is 17.1 Å². The number of non-ortho nitro benzene ring substituents is 1. The van der Waals surface area contributed by atoms with Crippen LogP contribution in [0.2, 0.25) is 0 Å². The maximum Gasteiger partial charge on any atom is 0.285 e. The molecule has 7 nitrogen and oxygen atoms in total. The predicted molar refractivity (Wildman–Crippen MR) is 46.0 cm³/mol. The van der Waals surface area contributed by atoms with E-state index in [1.807, 2.05) is 0 Å². The summed E-state index contributed by atoms with van der Waals surface area (Å²) in [5, 5.41) is 20.7. The van der Waals surface area contributed by atoms with E-state index in [2.05, 4.69) is 4.85 Å². The Hall–Kier alpha value is -2.49. The Morgan fingerprint density at radius 1 is 1.21 bits per heavy atom. The van der Waals surface area contributed by atoms with Gasteiger partial charge in [-0.3, -0.25) is 20.2 Å². The van der Waals surface area contributed by atoms with Crippen LogP contribution in [0.4, 0.5) is 17.1 Å². The van der Waals surface area contributed by atoms with Crippen molar-refractivity contribution in [2.45, 2.75) is 0 Å². The van der Waals surface area contributed by atoms with Crippen LogP contribution >= 0.6 is 0 Å². The lowest BCUT2D eigenvalue weighted by Crippen LogP contribution is -1.92. The van der Waals surface area contributed by atoms with Gasteiger partial charge in [-0.05, 0) is 6.07 Å². The van der Waals surface area contributed by atoms with E-state index in [1.54, 1.807) is 0 Å². The van der Waals surface area contributed by atoms with Crippen LogP contribution < -0.4 is 0 Å². The molecule has 1 rings (SSSR count). The molecule has 0 bridgehead atoms. The minimum atomic E-state index is -0.819. The molecule has 0 unspecified atom stereocenters. The van der Waals surface area contributed by atoms with Crippen LogP contribution in [0.15, 0.2) is 18.2 Å². The Bertz CT molecular complexity index is 449. The van der Waals surface area contributed by atoms with Crippen molar-refractivity contribution in [2.75, 3.05) is 0 Å². The van der Waals surface area contributed by atoms with E-state index in [4.69, 9.17) is 6.57 Å². The topological polar surface area (TPSA) is 90.6 Å². The molecule has 0 fully saturated rings. The second kappa shape index (κ2) is 3.49. The third-order valence-electron chi connectivity index (χ3n) is 1.49. The third kappa shape index (κ3) is 1.64. The van der Waals surface area contributed by atoms with Gasteiger partial charge in [-0.25, -0.2) is 4.85 Å². The Balaban J connectivity index is 3.37. The lowest BCUT2D eigenvalue weighted by Gasteiger charge is -1.94. The Morgan fingerprint density at radius 3 is 2.29 bits per heavy atom. The van der Waals surface area contributed by atoms with Crippen molar-refractivity contribution < 1.29 is 9.85 Å². The third-order valence-corrected chi connectivity index (χ3v) is 1.49. The fourth-order valence-corrected chi connectivity index (χ4v) is 0.866. The van der Waals surface area contributed by atoms with Crippen LogP contribution in [0, 0.1) is 26.8 Å². The van der Waals surface area contributed by atoms with Crippen LogP contribution in [0.5, 0.6) is 0 Å². The number of hydrogen-bond acceptors (Lipinski definition) is 4. The van der Waals surface area contributed by atoms with Crippen molar-refractivity contribution in [3.8, 4) is 0 Å². The van der Waals surface area contributed by atoms with Crippen molar-refractivity contribution in [2.24, 2.45) is 0 Å². The van der Waals surface area contributed by atoms with Gasteiger partial charge in [0.1, 0.15) is 0 Å². The minimum Gasteiger partial charge on any atom is -0.260 e. The molecule has 0 radical (unpaired) electrons. The molecular formula is C7H3N3O4. The average molecular weight is 193 g/mol. The summed E-state index contributed by atoms with van der Waals surface area (Å²) in [4.78, 5) is 22.0. The first-order chi connectivity index (χ1) is 6.56. The lowest BCUT2D eigenvalue weighted by molar-refractivity contribution is -0.393. The fraction of sp³-hybridized carbons (Fsp3) is 0. The SMILES string of the molecule is [C-]#[N+]c1ccc([N+](=O)[O-])cc1[N+](=O)[O-]. The molecule has 0 aromatic heterocycles. The molecule has 7 heteroatoms. The van der Waals surface area contributed by atoms with E-state index in [0.29, 0.717) is 0 Å². The summed E-state index contributed by atoms with van der Waals surface area (Å²) in [7, 11) is 0. The summed E-state index contributed by atoms with van der Waals surface area (Å²) in [6.07, 6.45) is 0. The second-order valence-corrected chi connectivity index (χ2v) is 2.30. The molecule has 0 saturated heterocycles. The zero-order valence-corrected chi connectivity index (χ0v) is 6.71. The molecule has 0 N–H and O–H groups in total. The number of rotatable bonds is 2. The van der Waals surface area contributed by atoms with Crippen molar-refractivity contribution in [3.63, 3.8) is 0 Å². The molecule has 0 atom stereocenters. The summed E-state index contributed by atoms with van der Waals surface area (Å²) in [5.74, 6) is 0. The number of benzene rings is 1. The number of nitrogens with zero attached hydrogens (tertiary/aromatic N) is 3. The number of hydrogen-bond donors (Lipinski definition) is 0. The smallest absolute Gasteiger partial charge is 0.260 e. The van der Waals surface area contributed by atoms with Crippen LogP contribution in [0.25, 0.3) is 4.85 Å². The van der Waals surface area contributed by atoms with Gasteiger partial charge in [-0.2, -0.15) is 0 Å². The van der Waals surface area contributed by atoms with Gasteiger partial charge >= 0.3 is 0 Å². The molecule has 0 aliphatic rings. The van der Waals surface area contributed by atoms with E-state index in [1.165, 1.54) is 0 Å². The van der Waals surface area contributed by atoms with Crippen LogP contribution in [-0.2, 0) is 0 Å². The standard InChI is InChI=1S/C7H3N3O4/c1-8-6-3-2-5(9(11)12)4-7(6)10(13)14/h2-4H. The van der Waals surface area contributed by atoms with Crippen molar-refractivity contribution >= 4 is 17.1 Å². The van der Waals surface area contributed by atoms with E-state index in [0.717, 1.165) is 18.2 Å². The Kier molecular flexibility index (Phi) is 2.39. The fourth-order valence-electron chi connectivity index (χ4n) is 0.866. The highest BCUT2D eigenvalue weighted by Crippen LogP contribution is 2.30. The second-order valence-electron chi connectivity index (χ2n) is 2.30. The summed E-state index contributed by atoms with van der Waals surface area (Å²) >= 11 is 0. The Morgan fingerprint density at radius 2 is 1.86 bits per heavy atom. The first kappa shape index (κ1) is 9.60. The van der Waals surface area contributed by atoms with Crippen molar-refractivity contribution in [1.29, 1.82) is 0 Å². The van der Waals surface area contributed by atoms with Gasteiger partial charge in [-0.15, -0.1) is 0 Å². The van der Waals surface area contributed by atoms with Crippen LogP contribution in [0.3, 0.4) is 0 Å². The van der Waals surface area contributed by atoms with Gasteiger partial charge in [-0.1, -0.05) is 0 Å². The molecule has 14 heavy (non-hydrogen) atoms. The molecule has 0 aliphatic carbocycles. The maximum atomic E-state index is 10.4. The molecular weight excluding hydrogens is 190 g/mol. The number of nitro benzene ring substituents is 2. The molecule has 0 saturated carbocycles. The van der Waals surface area contributed by atoms with Gasteiger partial charge < -0.3 is 0 Å². The molecule has 70 valence electrons. The van der Waals surface area contributed by atoms with E-state index >= 15 is 0 Å². The lowest BCUT2D eigenvalue weighted by atomic mass is 10.2. The quantitative estimate of drug-likeness (QED) is 0.408. The van der Waals surface area contributed by atoms with E-state index < -0.39 is 21.2 Å².